The Morgan fingerprint density at radius 2 is 2.28 bits per heavy atom. The molecule has 0 bridgehead atoms. The number of aliphatic hydroxyl groups excluding tert-OH is 1. The molecule has 1 aliphatic heterocycles. The number of ether oxygens (including phenoxy) is 1. The van der Waals surface area contributed by atoms with Gasteiger partial charge in [-0.15, -0.1) is 0 Å². The molecule has 102 valence electrons. The molecule has 1 atom stereocenters. The van der Waals surface area contributed by atoms with E-state index in [1.54, 1.807) is 6.26 Å². The minimum Gasteiger partial charge on any atom is -0.468 e. The average molecular weight is 254 g/mol. The van der Waals surface area contributed by atoms with Crippen molar-refractivity contribution < 1.29 is 14.3 Å². The minimum absolute atomic E-state index is 0.0953. The van der Waals surface area contributed by atoms with E-state index >= 15 is 0 Å². The third kappa shape index (κ3) is 3.32. The Balaban J connectivity index is 1.84. The normalized spacial score (nSPS) is 20.1. The molecule has 5 heteroatoms. The second-order valence-electron chi connectivity index (χ2n) is 4.60. The first kappa shape index (κ1) is 13.5. The molecule has 18 heavy (non-hydrogen) atoms. The summed E-state index contributed by atoms with van der Waals surface area (Å²) >= 11 is 0. The Labute approximate surface area is 108 Å². The maximum Gasteiger partial charge on any atom is 0.122 e. The van der Waals surface area contributed by atoms with Crippen LogP contribution in [0.4, 0.5) is 0 Å². The smallest absolute Gasteiger partial charge is 0.122 e. The number of piperidine rings is 1. The molecule has 0 aliphatic carbocycles. The fraction of sp³-hybridized carbons (Fsp3) is 0.692. The summed E-state index contributed by atoms with van der Waals surface area (Å²) in [5.41, 5.74) is 5.84. The van der Waals surface area contributed by atoms with Crippen molar-refractivity contribution in [3.05, 3.63) is 24.2 Å². The van der Waals surface area contributed by atoms with Crippen LogP contribution >= 0.6 is 0 Å². The van der Waals surface area contributed by atoms with Crippen molar-refractivity contribution in [1.29, 1.82) is 0 Å². The molecule has 1 aromatic rings. The van der Waals surface area contributed by atoms with E-state index in [1.165, 1.54) is 0 Å². The molecule has 2 heterocycles. The van der Waals surface area contributed by atoms with Crippen molar-refractivity contribution in [3.8, 4) is 0 Å². The summed E-state index contributed by atoms with van der Waals surface area (Å²) in [5, 5.41) is 8.74. The topological polar surface area (TPSA) is 71.9 Å². The van der Waals surface area contributed by atoms with Crippen LogP contribution < -0.4 is 5.73 Å². The van der Waals surface area contributed by atoms with E-state index in [2.05, 4.69) is 4.90 Å². The SMILES string of the molecule is NCC(c1ccco1)N1CCC(OCCO)CC1. The van der Waals surface area contributed by atoms with Gasteiger partial charge in [-0.3, -0.25) is 4.90 Å². The lowest BCUT2D eigenvalue weighted by molar-refractivity contribution is -0.0164. The molecule has 5 nitrogen and oxygen atoms in total. The number of furan rings is 1. The van der Waals surface area contributed by atoms with Crippen LogP contribution in [0.5, 0.6) is 0 Å². The van der Waals surface area contributed by atoms with Gasteiger partial charge in [-0.05, 0) is 25.0 Å². The minimum atomic E-state index is 0.0953. The van der Waals surface area contributed by atoms with Crippen LogP contribution in [-0.4, -0.2) is 49.0 Å². The van der Waals surface area contributed by atoms with Crippen LogP contribution in [0.3, 0.4) is 0 Å². The lowest BCUT2D eigenvalue weighted by atomic mass is 10.0. The molecule has 1 saturated heterocycles. The van der Waals surface area contributed by atoms with E-state index in [0.29, 0.717) is 13.2 Å². The van der Waals surface area contributed by atoms with E-state index in [9.17, 15) is 0 Å². The van der Waals surface area contributed by atoms with E-state index in [4.69, 9.17) is 20.0 Å². The summed E-state index contributed by atoms with van der Waals surface area (Å²) in [6, 6.07) is 4.04. The largest absolute Gasteiger partial charge is 0.468 e. The van der Waals surface area contributed by atoms with Gasteiger partial charge in [-0.2, -0.15) is 0 Å². The monoisotopic (exact) mass is 254 g/mol. The molecule has 3 N–H and O–H groups in total. The van der Waals surface area contributed by atoms with Crippen molar-refractivity contribution in [3.63, 3.8) is 0 Å². The quantitative estimate of drug-likeness (QED) is 0.784. The van der Waals surface area contributed by atoms with Crippen LogP contribution in [0.2, 0.25) is 0 Å². The van der Waals surface area contributed by atoms with Crippen molar-refractivity contribution in [2.75, 3.05) is 32.8 Å². The van der Waals surface area contributed by atoms with Crippen molar-refractivity contribution in [1.82, 2.24) is 4.90 Å². The number of nitrogens with zero attached hydrogens (tertiary/aromatic N) is 1. The summed E-state index contributed by atoms with van der Waals surface area (Å²) in [5.74, 6) is 0.937. The molecule has 0 amide bonds. The van der Waals surface area contributed by atoms with E-state index in [0.717, 1.165) is 31.7 Å². The second kappa shape index (κ2) is 6.89. The fourth-order valence-electron chi connectivity index (χ4n) is 2.50. The molecule has 1 fully saturated rings. The number of likely N-dealkylation sites (tertiary alicyclic amines) is 1. The number of aliphatic hydroxyl groups is 1. The van der Waals surface area contributed by atoms with Gasteiger partial charge in [0.15, 0.2) is 0 Å². The van der Waals surface area contributed by atoms with Crippen molar-refractivity contribution in [2.24, 2.45) is 5.73 Å². The number of hydrogen-bond acceptors (Lipinski definition) is 5. The van der Waals surface area contributed by atoms with Gasteiger partial charge in [-0.1, -0.05) is 0 Å². The van der Waals surface area contributed by atoms with E-state index in [1.807, 2.05) is 12.1 Å². The summed E-state index contributed by atoms with van der Waals surface area (Å²) in [6.07, 6.45) is 3.92. The highest BCUT2D eigenvalue weighted by Crippen LogP contribution is 2.25. The maximum atomic E-state index is 8.74. The molecule has 0 saturated carbocycles. The summed E-state index contributed by atoms with van der Waals surface area (Å²) in [6.45, 7) is 3.01. The predicted octanol–water partition coefficient (Wildman–Crippen LogP) is 0.753. The molecular formula is C13H22N2O3. The van der Waals surface area contributed by atoms with Crippen molar-refractivity contribution >= 4 is 0 Å². The van der Waals surface area contributed by atoms with Gasteiger partial charge in [0, 0.05) is 19.6 Å². The number of nitrogens with two attached hydrogens (primary N) is 1. The third-order valence-electron chi connectivity index (χ3n) is 3.46. The summed E-state index contributed by atoms with van der Waals surface area (Å²) in [7, 11) is 0. The molecule has 1 aliphatic rings. The maximum absolute atomic E-state index is 8.74. The predicted molar refractivity (Wildman–Crippen MR) is 68.1 cm³/mol. The van der Waals surface area contributed by atoms with Crippen LogP contribution in [0.15, 0.2) is 22.8 Å². The van der Waals surface area contributed by atoms with Gasteiger partial charge in [0.2, 0.25) is 0 Å². The van der Waals surface area contributed by atoms with Gasteiger partial charge in [0.1, 0.15) is 5.76 Å². The summed E-state index contributed by atoms with van der Waals surface area (Å²) < 4.78 is 11.0. The van der Waals surface area contributed by atoms with Gasteiger partial charge in [0.25, 0.3) is 0 Å². The fourth-order valence-corrected chi connectivity index (χ4v) is 2.50. The molecular weight excluding hydrogens is 232 g/mol. The molecule has 1 unspecified atom stereocenters. The second-order valence-corrected chi connectivity index (χ2v) is 4.60. The zero-order chi connectivity index (χ0) is 12.8. The molecule has 0 radical (unpaired) electrons. The first-order valence-corrected chi connectivity index (χ1v) is 6.55. The van der Waals surface area contributed by atoms with Crippen LogP contribution in [-0.2, 0) is 4.74 Å². The van der Waals surface area contributed by atoms with Gasteiger partial charge in [-0.25, -0.2) is 0 Å². The Kier molecular flexibility index (Phi) is 5.19. The summed E-state index contributed by atoms with van der Waals surface area (Å²) in [4.78, 5) is 2.34. The zero-order valence-corrected chi connectivity index (χ0v) is 10.6. The lowest BCUT2D eigenvalue weighted by Crippen LogP contribution is -2.41. The van der Waals surface area contributed by atoms with Crippen molar-refractivity contribution in [2.45, 2.75) is 25.0 Å². The Hall–Kier alpha value is -0.880. The lowest BCUT2D eigenvalue weighted by Gasteiger charge is -2.36. The third-order valence-corrected chi connectivity index (χ3v) is 3.46. The highest BCUT2D eigenvalue weighted by atomic mass is 16.5. The highest BCUT2D eigenvalue weighted by Gasteiger charge is 2.26. The van der Waals surface area contributed by atoms with Crippen LogP contribution in [0.1, 0.15) is 24.6 Å². The first-order chi connectivity index (χ1) is 8.85. The van der Waals surface area contributed by atoms with Gasteiger partial charge < -0.3 is 20.0 Å². The number of hydrogen-bond donors (Lipinski definition) is 2. The first-order valence-electron chi connectivity index (χ1n) is 6.55. The molecule has 0 spiro atoms. The Bertz CT molecular complexity index is 321. The van der Waals surface area contributed by atoms with E-state index < -0.39 is 0 Å². The Morgan fingerprint density at radius 1 is 1.50 bits per heavy atom. The molecule has 0 aromatic carbocycles. The number of rotatable bonds is 6. The van der Waals surface area contributed by atoms with Gasteiger partial charge >= 0.3 is 0 Å². The zero-order valence-electron chi connectivity index (χ0n) is 10.6. The Morgan fingerprint density at radius 3 is 2.83 bits per heavy atom. The van der Waals surface area contributed by atoms with Gasteiger partial charge in [0.05, 0.1) is 31.6 Å². The highest BCUT2D eigenvalue weighted by molar-refractivity contribution is 5.05. The molecule has 1 aromatic heterocycles. The molecule has 2 rings (SSSR count). The average Bonchev–Trinajstić information content (AvgIpc) is 2.93. The van der Waals surface area contributed by atoms with E-state index in [-0.39, 0.29) is 18.8 Å². The van der Waals surface area contributed by atoms with Crippen LogP contribution in [0, 0.1) is 0 Å². The standard InChI is InChI=1S/C13H22N2O3/c14-10-12(13-2-1-8-18-13)15-5-3-11(4-6-15)17-9-7-16/h1-2,8,11-12,16H,3-7,9-10,14H2. The van der Waals surface area contributed by atoms with Crippen LogP contribution in [0.25, 0.3) is 0 Å².